The Balaban J connectivity index is 2.82. The molecule has 1 aromatic rings. The van der Waals surface area contributed by atoms with Crippen molar-refractivity contribution in [2.24, 2.45) is 17.3 Å². The molecule has 0 bridgehead atoms. The highest BCUT2D eigenvalue weighted by Gasteiger charge is 2.29. The summed E-state index contributed by atoms with van der Waals surface area (Å²) < 4.78 is 14.4. The van der Waals surface area contributed by atoms with Gasteiger partial charge < -0.3 is 5.32 Å². The van der Waals surface area contributed by atoms with Crippen molar-refractivity contribution in [2.45, 2.75) is 41.0 Å². The first-order valence-electron chi connectivity index (χ1n) is 7.39. The average molecular weight is 344 g/mol. The number of halogens is 2. The average Bonchev–Trinajstić information content (AvgIpc) is 2.33. The Hall–Kier alpha value is -0.410. The van der Waals surface area contributed by atoms with Crippen molar-refractivity contribution >= 4 is 15.9 Å². The summed E-state index contributed by atoms with van der Waals surface area (Å²) in [6, 6.07) is 4.94. The molecule has 0 saturated heterocycles. The molecule has 1 N–H and O–H groups in total. The van der Waals surface area contributed by atoms with Gasteiger partial charge in [-0.15, -0.1) is 0 Å². The number of rotatable bonds is 7. The van der Waals surface area contributed by atoms with Gasteiger partial charge in [-0.05, 0) is 54.0 Å². The van der Waals surface area contributed by atoms with E-state index in [-0.39, 0.29) is 11.2 Å². The highest BCUT2D eigenvalue weighted by atomic mass is 79.9. The molecule has 1 nitrogen and oxygen atoms in total. The molecule has 114 valence electrons. The van der Waals surface area contributed by atoms with Crippen molar-refractivity contribution in [1.82, 2.24) is 5.32 Å². The SMILES string of the molecule is CC(C)CNCC(C)(Cc1cc(F)ccc1Br)C(C)C. The molecule has 1 aromatic carbocycles. The summed E-state index contributed by atoms with van der Waals surface area (Å²) in [6.45, 7) is 13.2. The Morgan fingerprint density at radius 3 is 2.45 bits per heavy atom. The van der Waals surface area contributed by atoms with Crippen LogP contribution >= 0.6 is 15.9 Å². The first-order chi connectivity index (χ1) is 9.24. The Kier molecular flexibility index (Phi) is 6.67. The van der Waals surface area contributed by atoms with Crippen LogP contribution in [0.15, 0.2) is 22.7 Å². The van der Waals surface area contributed by atoms with Crippen LogP contribution in [0.4, 0.5) is 4.39 Å². The van der Waals surface area contributed by atoms with Crippen molar-refractivity contribution in [3.05, 3.63) is 34.1 Å². The molecule has 0 spiro atoms. The van der Waals surface area contributed by atoms with E-state index >= 15 is 0 Å². The zero-order chi connectivity index (χ0) is 15.3. The molecule has 0 radical (unpaired) electrons. The first kappa shape index (κ1) is 17.6. The normalized spacial score (nSPS) is 14.8. The van der Waals surface area contributed by atoms with Gasteiger partial charge in [0.1, 0.15) is 5.82 Å². The lowest BCUT2D eigenvalue weighted by atomic mass is 9.74. The first-order valence-corrected chi connectivity index (χ1v) is 8.18. The van der Waals surface area contributed by atoms with E-state index in [1.165, 1.54) is 6.07 Å². The smallest absolute Gasteiger partial charge is 0.123 e. The fourth-order valence-electron chi connectivity index (χ4n) is 2.23. The lowest BCUT2D eigenvalue weighted by molar-refractivity contribution is 0.204. The number of hydrogen-bond acceptors (Lipinski definition) is 1. The molecule has 20 heavy (non-hydrogen) atoms. The van der Waals surface area contributed by atoms with Crippen LogP contribution in [0.5, 0.6) is 0 Å². The van der Waals surface area contributed by atoms with E-state index in [0.717, 1.165) is 29.5 Å². The van der Waals surface area contributed by atoms with Crippen LogP contribution in [0.3, 0.4) is 0 Å². The fraction of sp³-hybridized carbons (Fsp3) is 0.647. The van der Waals surface area contributed by atoms with Gasteiger partial charge in [-0.25, -0.2) is 4.39 Å². The maximum Gasteiger partial charge on any atom is 0.123 e. The van der Waals surface area contributed by atoms with Crippen LogP contribution in [-0.4, -0.2) is 13.1 Å². The van der Waals surface area contributed by atoms with Gasteiger partial charge in [0.2, 0.25) is 0 Å². The molecule has 0 heterocycles. The fourth-order valence-corrected chi connectivity index (χ4v) is 2.62. The minimum atomic E-state index is -0.163. The van der Waals surface area contributed by atoms with Crippen LogP contribution in [0.1, 0.15) is 40.2 Å². The third-order valence-corrected chi connectivity index (χ3v) is 4.85. The minimum Gasteiger partial charge on any atom is -0.316 e. The highest BCUT2D eigenvalue weighted by Crippen LogP contribution is 2.33. The molecule has 3 heteroatoms. The van der Waals surface area contributed by atoms with Crippen LogP contribution in [0.2, 0.25) is 0 Å². The quantitative estimate of drug-likeness (QED) is 0.731. The topological polar surface area (TPSA) is 12.0 Å². The van der Waals surface area contributed by atoms with Gasteiger partial charge in [0, 0.05) is 11.0 Å². The number of benzene rings is 1. The standard InChI is InChI=1S/C17H27BrFN/c1-12(2)10-20-11-17(5,13(3)4)9-14-8-15(19)6-7-16(14)18/h6-8,12-13,20H,9-11H2,1-5H3. The summed E-state index contributed by atoms with van der Waals surface area (Å²) in [6.07, 6.45) is 0.869. The van der Waals surface area contributed by atoms with Gasteiger partial charge in [0.25, 0.3) is 0 Å². The van der Waals surface area contributed by atoms with E-state index in [2.05, 4.69) is 55.9 Å². The number of hydrogen-bond donors (Lipinski definition) is 1. The van der Waals surface area contributed by atoms with Gasteiger partial charge in [-0.1, -0.05) is 50.5 Å². The van der Waals surface area contributed by atoms with Crippen LogP contribution < -0.4 is 5.32 Å². The van der Waals surface area contributed by atoms with Crippen molar-refractivity contribution in [3.8, 4) is 0 Å². The van der Waals surface area contributed by atoms with Crippen molar-refractivity contribution in [3.63, 3.8) is 0 Å². The zero-order valence-corrected chi connectivity index (χ0v) is 14.8. The summed E-state index contributed by atoms with van der Waals surface area (Å²) in [5, 5.41) is 3.55. The molecular formula is C17H27BrFN. The molecule has 0 saturated carbocycles. The summed E-state index contributed by atoms with van der Waals surface area (Å²) >= 11 is 3.54. The van der Waals surface area contributed by atoms with E-state index < -0.39 is 0 Å². The van der Waals surface area contributed by atoms with Gasteiger partial charge >= 0.3 is 0 Å². The van der Waals surface area contributed by atoms with Crippen LogP contribution in [0, 0.1) is 23.1 Å². The van der Waals surface area contributed by atoms with Crippen molar-refractivity contribution < 1.29 is 4.39 Å². The molecule has 1 unspecified atom stereocenters. The van der Waals surface area contributed by atoms with E-state index in [9.17, 15) is 4.39 Å². The lowest BCUT2D eigenvalue weighted by Gasteiger charge is -2.35. The molecule has 0 aliphatic carbocycles. The van der Waals surface area contributed by atoms with Crippen molar-refractivity contribution in [2.75, 3.05) is 13.1 Å². The predicted molar refractivity (Wildman–Crippen MR) is 88.5 cm³/mol. The molecule has 1 atom stereocenters. The van der Waals surface area contributed by atoms with Gasteiger partial charge in [0.05, 0.1) is 0 Å². The summed E-state index contributed by atoms with van der Waals surface area (Å²) in [5.74, 6) is 1.01. The minimum absolute atomic E-state index is 0.116. The Labute approximate surface area is 131 Å². The van der Waals surface area contributed by atoms with Crippen molar-refractivity contribution in [1.29, 1.82) is 0 Å². The van der Waals surface area contributed by atoms with Crippen LogP contribution in [-0.2, 0) is 6.42 Å². The maximum atomic E-state index is 13.4. The molecule has 0 aromatic heterocycles. The summed E-state index contributed by atoms with van der Waals surface area (Å²) in [7, 11) is 0. The molecule has 0 amide bonds. The van der Waals surface area contributed by atoms with E-state index in [1.807, 2.05) is 0 Å². The third-order valence-electron chi connectivity index (χ3n) is 4.08. The van der Waals surface area contributed by atoms with Gasteiger partial charge in [0.15, 0.2) is 0 Å². The molecule has 1 rings (SSSR count). The van der Waals surface area contributed by atoms with Gasteiger partial charge in [-0.2, -0.15) is 0 Å². The Bertz CT molecular complexity index is 431. The third kappa shape index (κ3) is 5.17. The molecular weight excluding hydrogens is 317 g/mol. The summed E-state index contributed by atoms with van der Waals surface area (Å²) in [4.78, 5) is 0. The van der Waals surface area contributed by atoms with E-state index in [0.29, 0.717) is 11.8 Å². The monoisotopic (exact) mass is 343 g/mol. The lowest BCUT2D eigenvalue weighted by Crippen LogP contribution is -2.39. The predicted octanol–water partition coefficient (Wildman–Crippen LogP) is 5.04. The summed E-state index contributed by atoms with van der Waals surface area (Å²) in [5.41, 5.74) is 1.16. The van der Waals surface area contributed by atoms with E-state index in [4.69, 9.17) is 0 Å². The Morgan fingerprint density at radius 1 is 1.25 bits per heavy atom. The highest BCUT2D eigenvalue weighted by molar-refractivity contribution is 9.10. The zero-order valence-electron chi connectivity index (χ0n) is 13.3. The maximum absolute atomic E-state index is 13.4. The second kappa shape index (κ2) is 7.56. The Morgan fingerprint density at radius 2 is 1.90 bits per heavy atom. The largest absolute Gasteiger partial charge is 0.316 e. The second-order valence-electron chi connectivity index (χ2n) is 6.75. The van der Waals surface area contributed by atoms with Gasteiger partial charge in [-0.3, -0.25) is 0 Å². The number of nitrogens with one attached hydrogen (secondary N) is 1. The second-order valence-corrected chi connectivity index (χ2v) is 7.60. The molecule has 0 aliphatic heterocycles. The molecule has 0 fully saturated rings. The van der Waals surface area contributed by atoms with E-state index in [1.54, 1.807) is 12.1 Å². The van der Waals surface area contributed by atoms with Crippen LogP contribution in [0.25, 0.3) is 0 Å². The molecule has 0 aliphatic rings.